The van der Waals surface area contributed by atoms with E-state index < -0.39 is 10.8 Å². The molecule has 0 aromatic carbocycles. The molecule has 1 aromatic rings. The SMILES string of the molecule is O=C(NC(C1CC1)C1CC1)c1cc(Cl)ncc1[N+](=O)[O-]. The van der Waals surface area contributed by atoms with Gasteiger partial charge in [0.15, 0.2) is 0 Å². The number of carbonyl (C=O) groups is 1. The zero-order valence-electron chi connectivity index (χ0n) is 10.7. The number of amides is 1. The number of aromatic nitrogens is 1. The molecule has 1 N–H and O–H groups in total. The summed E-state index contributed by atoms with van der Waals surface area (Å²) in [7, 11) is 0. The molecular formula is C13H14ClN3O3. The Balaban J connectivity index is 1.82. The summed E-state index contributed by atoms with van der Waals surface area (Å²) in [6.07, 6.45) is 5.53. The highest BCUT2D eigenvalue weighted by Gasteiger charge is 2.42. The topological polar surface area (TPSA) is 85.1 Å². The molecule has 0 saturated heterocycles. The molecule has 106 valence electrons. The van der Waals surface area contributed by atoms with Gasteiger partial charge in [0, 0.05) is 6.04 Å². The van der Waals surface area contributed by atoms with Gasteiger partial charge in [-0.05, 0) is 43.6 Å². The van der Waals surface area contributed by atoms with Crippen molar-refractivity contribution in [3.05, 3.63) is 33.1 Å². The van der Waals surface area contributed by atoms with E-state index in [4.69, 9.17) is 11.6 Å². The largest absolute Gasteiger partial charge is 0.349 e. The van der Waals surface area contributed by atoms with Crippen LogP contribution in [0, 0.1) is 22.0 Å². The van der Waals surface area contributed by atoms with Gasteiger partial charge in [0.05, 0.1) is 4.92 Å². The van der Waals surface area contributed by atoms with Gasteiger partial charge in [0.25, 0.3) is 11.6 Å². The van der Waals surface area contributed by atoms with E-state index in [0.717, 1.165) is 31.9 Å². The fourth-order valence-electron chi connectivity index (χ4n) is 2.51. The van der Waals surface area contributed by atoms with Crippen LogP contribution in [0.5, 0.6) is 0 Å². The lowest BCUT2D eigenvalue weighted by molar-refractivity contribution is -0.385. The van der Waals surface area contributed by atoms with Crippen LogP contribution in [0.25, 0.3) is 0 Å². The highest BCUT2D eigenvalue weighted by Crippen LogP contribution is 2.44. The molecule has 1 amide bonds. The maximum atomic E-state index is 12.3. The molecule has 0 bridgehead atoms. The molecule has 2 fully saturated rings. The molecule has 1 aromatic heterocycles. The van der Waals surface area contributed by atoms with E-state index >= 15 is 0 Å². The second-order valence-corrected chi connectivity index (χ2v) is 5.84. The van der Waals surface area contributed by atoms with Crippen LogP contribution in [0.4, 0.5) is 5.69 Å². The van der Waals surface area contributed by atoms with Crippen molar-refractivity contribution in [1.82, 2.24) is 10.3 Å². The fraction of sp³-hybridized carbons (Fsp3) is 0.538. The summed E-state index contributed by atoms with van der Waals surface area (Å²) in [5.41, 5.74) is -0.321. The quantitative estimate of drug-likeness (QED) is 0.514. The van der Waals surface area contributed by atoms with E-state index in [0.29, 0.717) is 11.8 Å². The van der Waals surface area contributed by atoms with Crippen molar-refractivity contribution in [1.29, 1.82) is 0 Å². The van der Waals surface area contributed by atoms with Gasteiger partial charge < -0.3 is 5.32 Å². The Morgan fingerprint density at radius 1 is 1.40 bits per heavy atom. The molecule has 3 rings (SSSR count). The maximum Gasteiger partial charge on any atom is 0.300 e. The number of carbonyl (C=O) groups excluding carboxylic acids is 1. The van der Waals surface area contributed by atoms with E-state index in [-0.39, 0.29) is 22.4 Å². The van der Waals surface area contributed by atoms with Crippen LogP contribution in [0.1, 0.15) is 36.0 Å². The molecule has 2 aliphatic carbocycles. The highest BCUT2D eigenvalue weighted by atomic mass is 35.5. The Hall–Kier alpha value is -1.69. The third-order valence-corrected chi connectivity index (χ3v) is 4.06. The summed E-state index contributed by atoms with van der Waals surface area (Å²) >= 11 is 5.74. The number of halogens is 1. The molecule has 20 heavy (non-hydrogen) atoms. The van der Waals surface area contributed by atoms with Crippen molar-refractivity contribution in [2.45, 2.75) is 31.7 Å². The number of hydrogen-bond acceptors (Lipinski definition) is 4. The van der Waals surface area contributed by atoms with Crippen LogP contribution in [0.3, 0.4) is 0 Å². The lowest BCUT2D eigenvalue weighted by atomic mass is 10.1. The molecular weight excluding hydrogens is 282 g/mol. The van der Waals surface area contributed by atoms with Gasteiger partial charge in [-0.15, -0.1) is 0 Å². The van der Waals surface area contributed by atoms with Crippen LogP contribution in [-0.4, -0.2) is 21.9 Å². The van der Waals surface area contributed by atoms with E-state index in [2.05, 4.69) is 10.3 Å². The molecule has 0 unspecified atom stereocenters. The van der Waals surface area contributed by atoms with Crippen LogP contribution < -0.4 is 5.32 Å². The van der Waals surface area contributed by atoms with Gasteiger partial charge in [-0.3, -0.25) is 14.9 Å². The number of nitrogens with one attached hydrogen (secondary N) is 1. The molecule has 0 atom stereocenters. The fourth-order valence-corrected chi connectivity index (χ4v) is 2.67. The minimum Gasteiger partial charge on any atom is -0.349 e. The van der Waals surface area contributed by atoms with Crippen molar-refractivity contribution in [2.24, 2.45) is 11.8 Å². The number of nitrogens with zero attached hydrogens (tertiary/aromatic N) is 2. The molecule has 0 spiro atoms. The van der Waals surface area contributed by atoms with Gasteiger partial charge in [-0.2, -0.15) is 0 Å². The van der Waals surface area contributed by atoms with E-state index in [1.165, 1.54) is 6.07 Å². The number of nitro groups is 1. The average molecular weight is 296 g/mol. The molecule has 0 aliphatic heterocycles. The Labute approximate surface area is 120 Å². The third kappa shape index (κ3) is 2.75. The summed E-state index contributed by atoms with van der Waals surface area (Å²) in [5, 5.41) is 14.0. The minimum atomic E-state index is -0.610. The summed E-state index contributed by atoms with van der Waals surface area (Å²) in [6, 6.07) is 1.40. The Bertz CT molecular complexity index is 558. The second-order valence-electron chi connectivity index (χ2n) is 5.46. The van der Waals surface area contributed by atoms with Crippen molar-refractivity contribution >= 4 is 23.2 Å². The normalized spacial score (nSPS) is 18.1. The third-order valence-electron chi connectivity index (χ3n) is 3.85. The van der Waals surface area contributed by atoms with E-state index in [9.17, 15) is 14.9 Å². The first-order chi connectivity index (χ1) is 9.56. The lowest BCUT2D eigenvalue weighted by Gasteiger charge is -2.17. The minimum absolute atomic E-state index is 0.0127. The van der Waals surface area contributed by atoms with Gasteiger partial charge >= 0.3 is 0 Å². The monoisotopic (exact) mass is 295 g/mol. The van der Waals surface area contributed by atoms with Gasteiger partial charge in [-0.1, -0.05) is 11.6 Å². The smallest absolute Gasteiger partial charge is 0.300 e. The number of pyridine rings is 1. The number of rotatable bonds is 5. The Kier molecular flexibility index (Phi) is 3.33. The molecule has 2 aliphatic rings. The predicted molar refractivity (Wildman–Crippen MR) is 72.6 cm³/mol. The second kappa shape index (κ2) is 5.01. The summed E-state index contributed by atoms with van der Waals surface area (Å²) in [6.45, 7) is 0. The summed E-state index contributed by atoms with van der Waals surface area (Å²) in [4.78, 5) is 26.3. The van der Waals surface area contributed by atoms with Gasteiger partial charge in [0.1, 0.15) is 16.9 Å². The zero-order chi connectivity index (χ0) is 14.3. The van der Waals surface area contributed by atoms with Crippen molar-refractivity contribution in [3.8, 4) is 0 Å². The van der Waals surface area contributed by atoms with Gasteiger partial charge in [-0.25, -0.2) is 4.98 Å². The average Bonchev–Trinajstić information content (AvgIpc) is 3.28. The number of hydrogen-bond donors (Lipinski definition) is 1. The van der Waals surface area contributed by atoms with Crippen LogP contribution in [0.15, 0.2) is 12.3 Å². The van der Waals surface area contributed by atoms with E-state index in [1.54, 1.807) is 0 Å². The first-order valence-corrected chi connectivity index (χ1v) is 7.05. The highest BCUT2D eigenvalue weighted by molar-refractivity contribution is 6.29. The molecule has 2 saturated carbocycles. The molecule has 6 nitrogen and oxygen atoms in total. The predicted octanol–water partition coefficient (Wildman–Crippen LogP) is 2.56. The van der Waals surface area contributed by atoms with Crippen LogP contribution in [-0.2, 0) is 0 Å². The molecule has 7 heteroatoms. The standard InChI is InChI=1S/C13H14ClN3O3/c14-11-5-9(10(6-15-11)17(19)20)13(18)16-12(7-1-2-7)8-3-4-8/h5-8,12H,1-4H2,(H,16,18). The first-order valence-electron chi connectivity index (χ1n) is 6.67. The zero-order valence-corrected chi connectivity index (χ0v) is 11.5. The Morgan fingerprint density at radius 2 is 2.00 bits per heavy atom. The van der Waals surface area contributed by atoms with Crippen molar-refractivity contribution in [2.75, 3.05) is 0 Å². The van der Waals surface area contributed by atoms with Gasteiger partial charge in [0.2, 0.25) is 0 Å². The first kappa shape index (κ1) is 13.3. The van der Waals surface area contributed by atoms with Crippen LogP contribution in [0.2, 0.25) is 5.15 Å². The molecule has 0 radical (unpaired) electrons. The van der Waals surface area contributed by atoms with Crippen molar-refractivity contribution < 1.29 is 9.72 Å². The van der Waals surface area contributed by atoms with Crippen molar-refractivity contribution in [3.63, 3.8) is 0 Å². The maximum absolute atomic E-state index is 12.3. The lowest BCUT2D eigenvalue weighted by Crippen LogP contribution is -2.38. The van der Waals surface area contributed by atoms with E-state index in [1.807, 2.05) is 0 Å². The Morgan fingerprint density at radius 3 is 2.50 bits per heavy atom. The summed E-state index contributed by atoms with van der Waals surface area (Å²) in [5.74, 6) is 0.635. The molecule has 1 heterocycles. The van der Waals surface area contributed by atoms with Crippen LogP contribution >= 0.6 is 11.6 Å². The summed E-state index contributed by atoms with van der Waals surface area (Å²) < 4.78 is 0.